The van der Waals surface area contributed by atoms with Crippen LogP contribution >= 0.6 is 15.9 Å². The van der Waals surface area contributed by atoms with Crippen molar-refractivity contribution in [2.75, 3.05) is 19.0 Å². The van der Waals surface area contributed by atoms with Crippen LogP contribution in [0, 0.1) is 0 Å². The fourth-order valence-corrected chi connectivity index (χ4v) is 2.66. The lowest BCUT2D eigenvalue weighted by Crippen LogP contribution is -2.21. The monoisotopic (exact) mass is 365 g/mol. The Labute approximate surface area is 138 Å². The number of nitrogens with zero attached hydrogens (tertiary/aromatic N) is 2. The van der Waals surface area contributed by atoms with Gasteiger partial charge in [0.15, 0.2) is 0 Å². The average molecular weight is 366 g/mol. The standard InChI is InChI=1S/C16H20BrN3O2/c1-11(12-4-6-13(22-3)7-5-12)8-9-18-14-10-19-20(2)16(21)15(14)17/h4-7,10-11,18H,8-9H2,1-3H3. The molecular formula is C16H20BrN3O2. The molecule has 0 fully saturated rings. The lowest BCUT2D eigenvalue weighted by molar-refractivity contribution is 0.414. The van der Waals surface area contributed by atoms with Crippen molar-refractivity contribution in [3.63, 3.8) is 0 Å². The first-order valence-corrected chi connectivity index (χ1v) is 7.92. The highest BCUT2D eigenvalue weighted by Gasteiger charge is 2.08. The van der Waals surface area contributed by atoms with Gasteiger partial charge in [0.1, 0.15) is 10.2 Å². The van der Waals surface area contributed by atoms with Crippen LogP contribution in [0.25, 0.3) is 0 Å². The lowest BCUT2D eigenvalue weighted by atomic mass is 9.98. The smallest absolute Gasteiger partial charge is 0.282 e. The molecule has 2 rings (SSSR count). The zero-order chi connectivity index (χ0) is 16.1. The molecule has 0 amide bonds. The fourth-order valence-electron chi connectivity index (χ4n) is 2.16. The summed E-state index contributed by atoms with van der Waals surface area (Å²) in [7, 11) is 3.29. The zero-order valence-corrected chi connectivity index (χ0v) is 14.6. The van der Waals surface area contributed by atoms with E-state index in [9.17, 15) is 4.79 Å². The minimum atomic E-state index is -0.145. The second-order valence-electron chi connectivity index (χ2n) is 5.19. The summed E-state index contributed by atoms with van der Waals surface area (Å²) in [5, 5.41) is 7.27. The Morgan fingerprint density at radius 1 is 1.36 bits per heavy atom. The number of hydrogen-bond acceptors (Lipinski definition) is 4. The molecule has 6 heteroatoms. The average Bonchev–Trinajstić information content (AvgIpc) is 2.54. The minimum absolute atomic E-state index is 0.145. The van der Waals surface area contributed by atoms with Crippen LogP contribution in [-0.2, 0) is 7.05 Å². The van der Waals surface area contributed by atoms with Crippen molar-refractivity contribution in [1.29, 1.82) is 0 Å². The molecule has 0 spiro atoms. The molecule has 0 saturated carbocycles. The number of rotatable bonds is 6. The number of aromatic nitrogens is 2. The topological polar surface area (TPSA) is 56.1 Å². The normalized spacial score (nSPS) is 12.0. The van der Waals surface area contributed by atoms with Crippen molar-refractivity contribution < 1.29 is 4.74 Å². The maximum atomic E-state index is 11.8. The number of halogens is 1. The molecule has 5 nitrogen and oxygen atoms in total. The molecule has 0 aliphatic heterocycles. The first-order chi connectivity index (χ1) is 10.5. The molecule has 1 aromatic carbocycles. The summed E-state index contributed by atoms with van der Waals surface area (Å²) < 4.78 is 6.98. The number of ether oxygens (including phenoxy) is 1. The van der Waals surface area contributed by atoms with Crippen molar-refractivity contribution in [1.82, 2.24) is 9.78 Å². The minimum Gasteiger partial charge on any atom is -0.497 e. The van der Waals surface area contributed by atoms with E-state index in [-0.39, 0.29) is 5.56 Å². The van der Waals surface area contributed by atoms with Crippen molar-refractivity contribution in [3.8, 4) is 5.75 Å². The van der Waals surface area contributed by atoms with Gasteiger partial charge in [-0.15, -0.1) is 0 Å². The highest BCUT2D eigenvalue weighted by molar-refractivity contribution is 9.10. The van der Waals surface area contributed by atoms with Crippen LogP contribution in [0.5, 0.6) is 5.75 Å². The molecule has 1 unspecified atom stereocenters. The molecule has 118 valence electrons. The van der Waals surface area contributed by atoms with Crippen molar-refractivity contribution in [2.24, 2.45) is 7.05 Å². The van der Waals surface area contributed by atoms with Crippen LogP contribution in [0.1, 0.15) is 24.8 Å². The van der Waals surface area contributed by atoms with E-state index in [1.54, 1.807) is 20.4 Å². The Hall–Kier alpha value is -1.82. The van der Waals surface area contributed by atoms with Gasteiger partial charge in [0.25, 0.3) is 5.56 Å². The zero-order valence-electron chi connectivity index (χ0n) is 13.0. The van der Waals surface area contributed by atoms with Crippen LogP contribution in [-0.4, -0.2) is 23.4 Å². The van der Waals surface area contributed by atoms with E-state index in [0.29, 0.717) is 10.4 Å². The predicted octanol–water partition coefficient (Wildman–Crippen LogP) is 3.16. The van der Waals surface area contributed by atoms with Gasteiger partial charge in [-0.3, -0.25) is 4.79 Å². The number of nitrogens with one attached hydrogen (secondary N) is 1. The van der Waals surface area contributed by atoms with E-state index >= 15 is 0 Å². The lowest BCUT2D eigenvalue weighted by Gasteiger charge is -2.14. The third kappa shape index (κ3) is 3.88. The van der Waals surface area contributed by atoms with Gasteiger partial charge in [-0.25, -0.2) is 4.68 Å². The first kappa shape index (κ1) is 16.5. The second-order valence-corrected chi connectivity index (χ2v) is 5.98. The largest absolute Gasteiger partial charge is 0.497 e. The first-order valence-electron chi connectivity index (χ1n) is 7.12. The van der Waals surface area contributed by atoms with Gasteiger partial charge < -0.3 is 10.1 Å². The summed E-state index contributed by atoms with van der Waals surface area (Å²) in [5.41, 5.74) is 1.85. The molecule has 0 aliphatic rings. The Morgan fingerprint density at radius 2 is 2.05 bits per heavy atom. The van der Waals surface area contributed by atoms with Crippen molar-refractivity contribution in [3.05, 3.63) is 50.9 Å². The number of aryl methyl sites for hydroxylation is 1. The molecule has 2 aromatic rings. The van der Waals surface area contributed by atoms with Crippen LogP contribution in [0.15, 0.2) is 39.7 Å². The summed E-state index contributed by atoms with van der Waals surface area (Å²) in [6.45, 7) is 2.95. The number of benzene rings is 1. The molecule has 1 atom stereocenters. The summed E-state index contributed by atoms with van der Waals surface area (Å²) in [4.78, 5) is 11.8. The van der Waals surface area contributed by atoms with Gasteiger partial charge in [0.2, 0.25) is 0 Å². The van der Waals surface area contributed by atoms with Crippen LogP contribution in [0.4, 0.5) is 5.69 Å². The maximum Gasteiger partial charge on any atom is 0.282 e. The summed E-state index contributed by atoms with van der Waals surface area (Å²) in [6, 6.07) is 8.11. The van der Waals surface area contributed by atoms with Gasteiger partial charge in [0.05, 0.1) is 19.0 Å². The molecule has 0 radical (unpaired) electrons. The van der Waals surface area contributed by atoms with Gasteiger partial charge in [-0.2, -0.15) is 5.10 Å². The van der Waals surface area contributed by atoms with Gasteiger partial charge in [-0.05, 0) is 46.0 Å². The van der Waals surface area contributed by atoms with E-state index < -0.39 is 0 Å². The van der Waals surface area contributed by atoms with Crippen molar-refractivity contribution >= 4 is 21.6 Å². The van der Waals surface area contributed by atoms with E-state index in [2.05, 4.69) is 45.4 Å². The molecule has 1 N–H and O–H groups in total. The van der Waals surface area contributed by atoms with Crippen LogP contribution in [0.2, 0.25) is 0 Å². The Morgan fingerprint density at radius 3 is 2.68 bits per heavy atom. The fraction of sp³-hybridized carbons (Fsp3) is 0.375. The Kier molecular flexibility index (Phi) is 5.60. The second kappa shape index (κ2) is 7.45. The Balaban J connectivity index is 1.93. The van der Waals surface area contributed by atoms with E-state index in [1.165, 1.54) is 10.2 Å². The number of anilines is 1. The Bertz CT molecular complexity index is 683. The van der Waals surface area contributed by atoms with Gasteiger partial charge in [-0.1, -0.05) is 19.1 Å². The molecule has 0 saturated heterocycles. The van der Waals surface area contributed by atoms with Gasteiger partial charge in [0, 0.05) is 13.6 Å². The van der Waals surface area contributed by atoms with E-state index in [1.807, 2.05) is 12.1 Å². The SMILES string of the molecule is COc1ccc(C(C)CCNc2cnn(C)c(=O)c2Br)cc1. The maximum absolute atomic E-state index is 11.8. The highest BCUT2D eigenvalue weighted by Crippen LogP contribution is 2.22. The summed E-state index contributed by atoms with van der Waals surface area (Å²) >= 11 is 3.31. The van der Waals surface area contributed by atoms with Crippen molar-refractivity contribution in [2.45, 2.75) is 19.3 Å². The molecular weight excluding hydrogens is 346 g/mol. The van der Waals surface area contributed by atoms with E-state index in [0.717, 1.165) is 24.4 Å². The van der Waals surface area contributed by atoms with Gasteiger partial charge >= 0.3 is 0 Å². The third-order valence-electron chi connectivity index (χ3n) is 3.66. The molecule has 1 aromatic heterocycles. The summed E-state index contributed by atoms with van der Waals surface area (Å²) in [6.07, 6.45) is 2.61. The third-order valence-corrected chi connectivity index (χ3v) is 4.42. The highest BCUT2D eigenvalue weighted by atomic mass is 79.9. The van der Waals surface area contributed by atoms with Crippen LogP contribution in [0.3, 0.4) is 0 Å². The number of hydrogen-bond donors (Lipinski definition) is 1. The molecule has 1 heterocycles. The predicted molar refractivity (Wildman–Crippen MR) is 91.7 cm³/mol. The summed E-state index contributed by atoms with van der Waals surface area (Å²) in [5.74, 6) is 1.28. The number of methoxy groups -OCH3 is 1. The molecule has 0 aliphatic carbocycles. The molecule has 22 heavy (non-hydrogen) atoms. The van der Waals surface area contributed by atoms with Crippen LogP contribution < -0.4 is 15.6 Å². The molecule has 0 bridgehead atoms. The quantitative estimate of drug-likeness (QED) is 0.853. The van der Waals surface area contributed by atoms with E-state index in [4.69, 9.17) is 4.74 Å².